The Bertz CT molecular complexity index is 364. The van der Waals surface area contributed by atoms with Crippen molar-refractivity contribution in [2.45, 2.75) is 38.6 Å². The van der Waals surface area contributed by atoms with Gasteiger partial charge in [-0.3, -0.25) is 9.48 Å². The lowest BCUT2D eigenvalue weighted by Gasteiger charge is -2.11. The van der Waals surface area contributed by atoms with Crippen molar-refractivity contribution in [3.8, 4) is 0 Å². The lowest BCUT2D eigenvalue weighted by molar-refractivity contribution is 0.0957. The van der Waals surface area contributed by atoms with Crippen LogP contribution < -0.4 is 5.32 Å². The summed E-state index contributed by atoms with van der Waals surface area (Å²) >= 11 is 0. The quantitative estimate of drug-likeness (QED) is 0.801. The Morgan fingerprint density at radius 1 is 1.53 bits per heavy atom. The fourth-order valence-electron chi connectivity index (χ4n) is 2.25. The van der Waals surface area contributed by atoms with Crippen molar-refractivity contribution in [2.24, 2.45) is 0 Å². The number of hydrogen-bond acceptors (Lipinski definition) is 2. The van der Waals surface area contributed by atoms with E-state index in [1.807, 2.05) is 17.7 Å². The highest BCUT2D eigenvalue weighted by atomic mass is 16.1. The zero-order valence-electron chi connectivity index (χ0n) is 9.29. The van der Waals surface area contributed by atoms with Crippen LogP contribution in [0.3, 0.4) is 0 Å². The standard InChI is InChI=1S/C11H17N3O/c1-8-7-10(11(15)12-2)13-14(8)9-5-3-4-6-9/h7,9H,3-6H2,1-2H3,(H,12,15). The summed E-state index contributed by atoms with van der Waals surface area (Å²) in [4.78, 5) is 11.4. The molecule has 4 nitrogen and oxygen atoms in total. The summed E-state index contributed by atoms with van der Waals surface area (Å²) in [5, 5.41) is 6.96. The van der Waals surface area contributed by atoms with Crippen molar-refractivity contribution in [2.75, 3.05) is 7.05 Å². The van der Waals surface area contributed by atoms with Crippen molar-refractivity contribution in [3.63, 3.8) is 0 Å². The predicted octanol–water partition coefficient (Wildman–Crippen LogP) is 1.67. The van der Waals surface area contributed by atoms with Crippen LogP contribution in [-0.2, 0) is 0 Å². The van der Waals surface area contributed by atoms with Gasteiger partial charge in [-0.05, 0) is 25.8 Å². The lowest BCUT2D eigenvalue weighted by atomic mass is 10.2. The molecule has 1 amide bonds. The maximum Gasteiger partial charge on any atom is 0.271 e. The molecule has 0 spiro atoms. The van der Waals surface area contributed by atoms with Gasteiger partial charge >= 0.3 is 0 Å². The highest BCUT2D eigenvalue weighted by molar-refractivity contribution is 5.92. The molecule has 0 aliphatic heterocycles. The van der Waals surface area contributed by atoms with E-state index < -0.39 is 0 Å². The molecule has 0 unspecified atom stereocenters. The average Bonchev–Trinajstić information content (AvgIpc) is 2.84. The maximum atomic E-state index is 11.4. The monoisotopic (exact) mass is 207 g/mol. The molecular formula is C11H17N3O. The third-order valence-electron chi connectivity index (χ3n) is 3.05. The number of rotatable bonds is 2. The summed E-state index contributed by atoms with van der Waals surface area (Å²) in [5.41, 5.74) is 1.61. The minimum Gasteiger partial charge on any atom is -0.354 e. The SMILES string of the molecule is CNC(=O)c1cc(C)n(C2CCCC2)n1. The van der Waals surface area contributed by atoms with Crippen LogP contribution in [0.25, 0.3) is 0 Å². The van der Waals surface area contributed by atoms with E-state index in [0.717, 1.165) is 5.69 Å². The number of nitrogens with zero attached hydrogens (tertiary/aromatic N) is 2. The first-order valence-corrected chi connectivity index (χ1v) is 5.50. The largest absolute Gasteiger partial charge is 0.354 e. The van der Waals surface area contributed by atoms with Crippen LogP contribution in [0, 0.1) is 6.92 Å². The van der Waals surface area contributed by atoms with Crippen LogP contribution in [0.4, 0.5) is 0 Å². The second-order valence-corrected chi connectivity index (χ2v) is 4.13. The molecule has 0 aromatic carbocycles. The van der Waals surface area contributed by atoms with E-state index in [2.05, 4.69) is 10.4 Å². The van der Waals surface area contributed by atoms with Crippen LogP contribution in [0.15, 0.2) is 6.07 Å². The number of carbonyl (C=O) groups excluding carboxylic acids is 1. The number of amides is 1. The molecule has 15 heavy (non-hydrogen) atoms. The van der Waals surface area contributed by atoms with Gasteiger partial charge in [0, 0.05) is 12.7 Å². The highest BCUT2D eigenvalue weighted by Gasteiger charge is 2.20. The number of carbonyl (C=O) groups is 1. The van der Waals surface area contributed by atoms with Gasteiger partial charge in [-0.15, -0.1) is 0 Å². The Kier molecular flexibility index (Phi) is 2.75. The number of nitrogens with one attached hydrogen (secondary N) is 1. The van der Waals surface area contributed by atoms with E-state index in [1.54, 1.807) is 7.05 Å². The smallest absolute Gasteiger partial charge is 0.271 e. The summed E-state index contributed by atoms with van der Waals surface area (Å²) in [6, 6.07) is 2.36. The molecule has 1 aliphatic rings. The lowest BCUT2D eigenvalue weighted by Crippen LogP contribution is -2.19. The van der Waals surface area contributed by atoms with Gasteiger partial charge in [0.2, 0.25) is 0 Å². The highest BCUT2D eigenvalue weighted by Crippen LogP contribution is 2.29. The van der Waals surface area contributed by atoms with E-state index in [-0.39, 0.29) is 5.91 Å². The van der Waals surface area contributed by atoms with Gasteiger partial charge in [0.1, 0.15) is 5.69 Å². The molecule has 1 heterocycles. The van der Waals surface area contributed by atoms with E-state index >= 15 is 0 Å². The fraction of sp³-hybridized carbons (Fsp3) is 0.636. The second kappa shape index (κ2) is 4.04. The van der Waals surface area contributed by atoms with Gasteiger partial charge in [0.25, 0.3) is 5.91 Å². The molecule has 0 bridgehead atoms. The molecule has 1 fully saturated rings. The zero-order chi connectivity index (χ0) is 10.8. The Labute approximate surface area is 89.7 Å². The second-order valence-electron chi connectivity index (χ2n) is 4.13. The molecule has 82 valence electrons. The molecule has 4 heteroatoms. The van der Waals surface area contributed by atoms with Gasteiger partial charge < -0.3 is 5.32 Å². The topological polar surface area (TPSA) is 46.9 Å². The first-order chi connectivity index (χ1) is 7.22. The molecule has 0 saturated heterocycles. The van der Waals surface area contributed by atoms with E-state index in [9.17, 15) is 4.79 Å². The fourth-order valence-corrected chi connectivity index (χ4v) is 2.25. The average molecular weight is 207 g/mol. The molecule has 1 aromatic heterocycles. The van der Waals surface area contributed by atoms with Gasteiger partial charge in [0.15, 0.2) is 0 Å². The van der Waals surface area contributed by atoms with Gasteiger partial charge in [-0.2, -0.15) is 5.10 Å². The Balaban J connectivity index is 2.24. The van der Waals surface area contributed by atoms with Crippen molar-refractivity contribution < 1.29 is 4.79 Å². The number of hydrogen-bond donors (Lipinski definition) is 1. The van der Waals surface area contributed by atoms with Crippen molar-refractivity contribution in [1.29, 1.82) is 0 Å². The van der Waals surface area contributed by atoms with Gasteiger partial charge in [-0.25, -0.2) is 0 Å². The number of aryl methyl sites for hydroxylation is 1. The molecule has 1 aromatic rings. The minimum atomic E-state index is -0.102. The van der Waals surface area contributed by atoms with Crippen molar-refractivity contribution in [3.05, 3.63) is 17.5 Å². The Hall–Kier alpha value is -1.32. The third kappa shape index (κ3) is 1.89. The van der Waals surface area contributed by atoms with E-state index in [4.69, 9.17) is 0 Å². The van der Waals surface area contributed by atoms with Gasteiger partial charge in [-0.1, -0.05) is 12.8 Å². The summed E-state index contributed by atoms with van der Waals surface area (Å²) in [5.74, 6) is -0.102. The molecule has 1 saturated carbocycles. The third-order valence-corrected chi connectivity index (χ3v) is 3.05. The molecule has 0 atom stereocenters. The minimum absolute atomic E-state index is 0.102. The number of aromatic nitrogens is 2. The van der Waals surface area contributed by atoms with Crippen molar-refractivity contribution >= 4 is 5.91 Å². The first kappa shape index (κ1) is 10.2. The summed E-state index contributed by atoms with van der Waals surface area (Å²) in [7, 11) is 1.63. The summed E-state index contributed by atoms with van der Waals surface area (Å²) in [6.45, 7) is 2.01. The summed E-state index contributed by atoms with van der Waals surface area (Å²) < 4.78 is 2.01. The van der Waals surface area contributed by atoms with Crippen LogP contribution in [-0.4, -0.2) is 22.7 Å². The Morgan fingerprint density at radius 2 is 2.20 bits per heavy atom. The predicted molar refractivity (Wildman–Crippen MR) is 57.9 cm³/mol. The summed E-state index contributed by atoms with van der Waals surface area (Å²) in [6.07, 6.45) is 4.93. The first-order valence-electron chi connectivity index (χ1n) is 5.50. The van der Waals surface area contributed by atoms with Gasteiger partial charge in [0.05, 0.1) is 6.04 Å². The molecular weight excluding hydrogens is 190 g/mol. The molecule has 1 aliphatic carbocycles. The van der Waals surface area contributed by atoms with Crippen LogP contribution in [0.1, 0.15) is 47.9 Å². The normalized spacial score (nSPS) is 16.9. The Morgan fingerprint density at radius 3 is 2.80 bits per heavy atom. The van der Waals surface area contributed by atoms with E-state index in [0.29, 0.717) is 11.7 Å². The zero-order valence-corrected chi connectivity index (χ0v) is 9.29. The van der Waals surface area contributed by atoms with Crippen LogP contribution >= 0.6 is 0 Å². The molecule has 2 rings (SSSR count). The van der Waals surface area contributed by atoms with Crippen LogP contribution in [0.2, 0.25) is 0 Å². The van der Waals surface area contributed by atoms with Crippen molar-refractivity contribution in [1.82, 2.24) is 15.1 Å². The van der Waals surface area contributed by atoms with Crippen LogP contribution in [0.5, 0.6) is 0 Å². The van der Waals surface area contributed by atoms with E-state index in [1.165, 1.54) is 25.7 Å². The maximum absolute atomic E-state index is 11.4. The molecule has 0 radical (unpaired) electrons. The molecule has 1 N–H and O–H groups in total.